The van der Waals surface area contributed by atoms with Gasteiger partial charge in [0.15, 0.2) is 0 Å². The summed E-state index contributed by atoms with van der Waals surface area (Å²) in [4.78, 5) is 12.4. The molecule has 0 aliphatic carbocycles. The fourth-order valence-electron chi connectivity index (χ4n) is 2.04. The first kappa shape index (κ1) is 16.7. The highest BCUT2D eigenvalue weighted by molar-refractivity contribution is 8.13. The second kappa shape index (κ2) is 7.56. The van der Waals surface area contributed by atoms with Crippen molar-refractivity contribution in [3.05, 3.63) is 58.1 Å². The molecule has 2 rings (SSSR count). The lowest BCUT2D eigenvalue weighted by molar-refractivity contribution is 0.262. The van der Waals surface area contributed by atoms with E-state index in [4.69, 9.17) is 16.3 Å². The Labute approximate surface area is 140 Å². The molecule has 2 aromatic carbocycles. The van der Waals surface area contributed by atoms with Crippen LogP contribution in [0, 0.1) is 13.8 Å². The number of halogens is 1. The highest BCUT2D eigenvalue weighted by atomic mass is 35.5. The number of carbonyl (C=O) groups is 1. The third-order valence-electron chi connectivity index (χ3n) is 3.19. The summed E-state index contributed by atoms with van der Waals surface area (Å²) in [7, 11) is 1.60. The van der Waals surface area contributed by atoms with E-state index in [0.29, 0.717) is 11.6 Å². The first-order valence-electron chi connectivity index (χ1n) is 6.88. The Morgan fingerprint density at radius 3 is 2.73 bits per heavy atom. The van der Waals surface area contributed by atoms with Crippen LogP contribution in [0.4, 0.5) is 4.79 Å². The van der Waals surface area contributed by atoms with E-state index in [2.05, 4.69) is 11.4 Å². The van der Waals surface area contributed by atoms with E-state index < -0.39 is 0 Å². The summed E-state index contributed by atoms with van der Waals surface area (Å²) in [6.45, 7) is 4.38. The van der Waals surface area contributed by atoms with Crippen molar-refractivity contribution in [3.63, 3.8) is 0 Å². The number of aryl methyl sites for hydroxylation is 2. The second-order valence-corrected chi connectivity index (χ2v) is 6.34. The van der Waals surface area contributed by atoms with Crippen LogP contribution >= 0.6 is 23.4 Å². The average Bonchev–Trinajstić information content (AvgIpc) is 2.48. The van der Waals surface area contributed by atoms with Crippen molar-refractivity contribution in [2.24, 2.45) is 0 Å². The largest absolute Gasteiger partial charge is 0.489 e. The van der Waals surface area contributed by atoms with Crippen molar-refractivity contribution < 1.29 is 9.53 Å². The zero-order chi connectivity index (χ0) is 16.1. The molecule has 3 nitrogen and oxygen atoms in total. The number of hydrogen-bond donors (Lipinski definition) is 1. The fourth-order valence-corrected chi connectivity index (χ4v) is 3.06. The molecule has 22 heavy (non-hydrogen) atoms. The Morgan fingerprint density at radius 2 is 2.05 bits per heavy atom. The number of hydrogen-bond acceptors (Lipinski definition) is 3. The molecule has 0 bridgehead atoms. The van der Waals surface area contributed by atoms with Crippen LogP contribution < -0.4 is 10.1 Å². The maximum Gasteiger partial charge on any atom is 0.283 e. The summed E-state index contributed by atoms with van der Waals surface area (Å²) < 4.78 is 5.89. The van der Waals surface area contributed by atoms with Crippen LogP contribution in [0.1, 0.15) is 16.7 Å². The Kier molecular flexibility index (Phi) is 5.75. The van der Waals surface area contributed by atoms with Gasteiger partial charge in [0.1, 0.15) is 12.4 Å². The molecule has 116 valence electrons. The minimum absolute atomic E-state index is 0.130. The second-order valence-electron chi connectivity index (χ2n) is 4.91. The molecule has 0 heterocycles. The molecule has 0 fully saturated rings. The van der Waals surface area contributed by atoms with Crippen LogP contribution in [-0.2, 0) is 6.61 Å². The maximum atomic E-state index is 11.6. The first-order valence-corrected chi connectivity index (χ1v) is 8.07. The summed E-state index contributed by atoms with van der Waals surface area (Å²) in [6.07, 6.45) is 0. The minimum Gasteiger partial charge on any atom is -0.489 e. The van der Waals surface area contributed by atoms with Crippen molar-refractivity contribution in [3.8, 4) is 5.75 Å². The smallest absolute Gasteiger partial charge is 0.283 e. The Bertz CT molecular complexity index is 688. The molecule has 0 spiro atoms. The minimum atomic E-state index is -0.130. The topological polar surface area (TPSA) is 38.3 Å². The van der Waals surface area contributed by atoms with Crippen LogP contribution in [0.3, 0.4) is 0 Å². The molecule has 0 unspecified atom stereocenters. The first-order chi connectivity index (χ1) is 10.5. The zero-order valence-electron chi connectivity index (χ0n) is 12.8. The normalized spacial score (nSPS) is 10.4. The third-order valence-corrected chi connectivity index (χ3v) is 4.53. The van der Waals surface area contributed by atoms with Crippen molar-refractivity contribution in [2.75, 3.05) is 7.05 Å². The van der Waals surface area contributed by atoms with E-state index in [1.54, 1.807) is 13.1 Å². The van der Waals surface area contributed by atoms with Crippen LogP contribution in [-0.4, -0.2) is 12.3 Å². The highest BCUT2D eigenvalue weighted by Gasteiger charge is 2.12. The lowest BCUT2D eigenvalue weighted by Gasteiger charge is -2.13. The molecular formula is C17H18ClNO2S. The van der Waals surface area contributed by atoms with E-state index >= 15 is 0 Å². The number of amides is 1. The summed E-state index contributed by atoms with van der Waals surface area (Å²) in [5.74, 6) is 0.821. The number of ether oxygens (including phenoxy) is 1. The van der Waals surface area contributed by atoms with Crippen LogP contribution in [0.15, 0.2) is 41.3 Å². The fraction of sp³-hybridized carbons (Fsp3) is 0.235. The van der Waals surface area contributed by atoms with Crippen molar-refractivity contribution >= 4 is 28.6 Å². The van der Waals surface area contributed by atoms with Gasteiger partial charge in [0.25, 0.3) is 5.24 Å². The standard InChI is InChI=1S/C17H18ClNO2S/c1-11-7-8-15(12(2)9-11)21-10-13-14(18)5-4-6-16(13)22-17(20)19-3/h4-9H,10H2,1-3H3,(H,19,20). The van der Waals surface area contributed by atoms with E-state index in [9.17, 15) is 4.79 Å². The van der Waals surface area contributed by atoms with Gasteiger partial charge < -0.3 is 10.1 Å². The van der Waals surface area contributed by atoms with Gasteiger partial charge in [-0.15, -0.1) is 0 Å². The molecule has 0 aliphatic rings. The number of thioether (sulfide) groups is 1. The van der Waals surface area contributed by atoms with Gasteiger partial charge in [0.2, 0.25) is 0 Å². The van der Waals surface area contributed by atoms with Gasteiger partial charge in [-0.2, -0.15) is 0 Å². The Hall–Kier alpha value is -1.65. The molecule has 0 radical (unpaired) electrons. The van der Waals surface area contributed by atoms with Crippen LogP contribution in [0.25, 0.3) is 0 Å². The van der Waals surface area contributed by atoms with Crippen molar-refractivity contribution in [1.29, 1.82) is 0 Å². The quantitative estimate of drug-likeness (QED) is 0.802. The van der Waals surface area contributed by atoms with Crippen molar-refractivity contribution in [2.45, 2.75) is 25.3 Å². The molecule has 0 aliphatic heterocycles. The van der Waals surface area contributed by atoms with E-state index in [1.807, 2.05) is 38.1 Å². The molecule has 1 amide bonds. The van der Waals surface area contributed by atoms with Gasteiger partial charge in [-0.05, 0) is 49.4 Å². The predicted molar refractivity (Wildman–Crippen MR) is 92.0 cm³/mol. The molecule has 0 saturated carbocycles. The molecule has 0 aromatic heterocycles. The van der Waals surface area contributed by atoms with Gasteiger partial charge in [-0.25, -0.2) is 0 Å². The summed E-state index contributed by atoms with van der Waals surface area (Å²) in [5.41, 5.74) is 3.09. The maximum absolute atomic E-state index is 11.6. The van der Waals surface area contributed by atoms with E-state index in [0.717, 1.165) is 33.5 Å². The number of carbonyl (C=O) groups excluding carboxylic acids is 1. The van der Waals surface area contributed by atoms with Gasteiger partial charge >= 0.3 is 0 Å². The van der Waals surface area contributed by atoms with E-state index in [1.165, 1.54) is 5.56 Å². The van der Waals surface area contributed by atoms with Gasteiger partial charge in [0.05, 0.1) is 0 Å². The monoisotopic (exact) mass is 335 g/mol. The SMILES string of the molecule is CNC(=O)Sc1cccc(Cl)c1COc1ccc(C)cc1C. The van der Waals surface area contributed by atoms with Gasteiger partial charge in [-0.3, -0.25) is 4.79 Å². The molecule has 2 aromatic rings. The number of benzene rings is 2. The predicted octanol–water partition coefficient (Wildman–Crippen LogP) is 4.97. The van der Waals surface area contributed by atoms with E-state index in [-0.39, 0.29) is 5.24 Å². The number of nitrogens with one attached hydrogen (secondary N) is 1. The molecule has 1 N–H and O–H groups in total. The Balaban J connectivity index is 2.19. The summed E-state index contributed by atoms with van der Waals surface area (Å²) in [6, 6.07) is 11.5. The summed E-state index contributed by atoms with van der Waals surface area (Å²) >= 11 is 7.37. The molecular weight excluding hydrogens is 318 g/mol. The highest BCUT2D eigenvalue weighted by Crippen LogP contribution is 2.30. The van der Waals surface area contributed by atoms with Gasteiger partial charge in [0, 0.05) is 22.5 Å². The van der Waals surface area contributed by atoms with Gasteiger partial charge in [-0.1, -0.05) is 35.4 Å². The molecule has 0 atom stereocenters. The lowest BCUT2D eigenvalue weighted by atomic mass is 10.1. The zero-order valence-corrected chi connectivity index (χ0v) is 14.3. The molecule has 0 saturated heterocycles. The van der Waals surface area contributed by atoms with Crippen LogP contribution in [0.2, 0.25) is 5.02 Å². The number of rotatable bonds is 4. The third kappa shape index (κ3) is 4.18. The van der Waals surface area contributed by atoms with Crippen LogP contribution in [0.5, 0.6) is 5.75 Å². The lowest BCUT2D eigenvalue weighted by Crippen LogP contribution is -2.11. The average molecular weight is 336 g/mol. The molecule has 5 heteroatoms. The summed E-state index contributed by atoms with van der Waals surface area (Å²) in [5, 5.41) is 3.06. The Morgan fingerprint density at radius 1 is 1.27 bits per heavy atom. The van der Waals surface area contributed by atoms with Crippen molar-refractivity contribution in [1.82, 2.24) is 5.32 Å².